The molecule has 4 atom stereocenters. The summed E-state index contributed by atoms with van der Waals surface area (Å²) in [5, 5.41) is 8.10. The number of carbonyl (C=O) groups is 5. The molecule has 5 amide bonds. The van der Waals surface area contributed by atoms with Crippen LogP contribution in [0, 0.1) is 11.3 Å². The van der Waals surface area contributed by atoms with Crippen molar-refractivity contribution in [2.75, 3.05) is 47.1 Å². The van der Waals surface area contributed by atoms with E-state index in [0.717, 1.165) is 44.7 Å². The zero-order valence-corrected chi connectivity index (χ0v) is 40.1. The Bertz CT molecular complexity index is 2420. The van der Waals surface area contributed by atoms with E-state index < -0.39 is 41.3 Å². The van der Waals surface area contributed by atoms with Gasteiger partial charge in [0.25, 0.3) is 5.91 Å². The Morgan fingerprint density at radius 3 is 2.58 bits per heavy atom. The van der Waals surface area contributed by atoms with Gasteiger partial charge >= 0.3 is 12.0 Å². The van der Waals surface area contributed by atoms with E-state index in [0.29, 0.717) is 63.3 Å². The summed E-state index contributed by atoms with van der Waals surface area (Å²) in [6.45, 7) is 16.1. The normalized spacial score (nSPS) is 20.3. The van der Waals surface area contributed by atoms with Gasteiger partial charge in [-0.15, -0.1) is 11.3 Å². The van der Waals surface area contributed by atoms with Crippen molar-refractivity contribution >= 4 is 52.0 Å². The summed E-state index contributed by atoms with van der Waals surface area (Å²) in [5.74, 6) is -1.73. The number of carbonyl (C=O) groups excluding carboxylic acids is 5. The van der Waals surface area contributed by atoms with Crippen molar-refractivity contribution in [1.82, 2.24) is 45.0 Å². The van der Waals surface area contributed by atoms with E-state index in [1.54, 1.807) is 37.1 Å². The smallest absolute Gasteiger partial charge is 0.324 e. The van der Waals surface area contributed by atoms with Gasteiger partial charge in [0.2, 0.25) is 11.8 Å². The number of urea groups is 1. The first-order chi connectivity index (χ1) is 31.0. The summed E-state index contributed by atoms with van der Waals surface area (Å²) in [4.78, 5) is 84.0. The molecule has 17 heteroatoms. The van der Waals surface area contributed by atoms with Crippen LogP contribution < -0.4 is 10.7 Å². The molecular formula is C48H69N9O7S. The lowest BCUT2D eigenvalue weighted by molar-refractivity contribution is -0.155. The number of cyclic esters (lactones) is 1. The molecule has 6 heterocycles. The molecule has 4 aromatic rings. The van der Waals surface area contributed by atoms with Crippen LogP contribution in [0.5, 0.6) is 0 Å². The van der Waals surface area contributed by atoms with Crippen LogP contribution in [0.25, 0.3) is 33.4 Å². The van der Waals surface area contributed by atoms with Crippen molar-refractivity contribution < 1.29 is 36.3 Å². The third-order valence-electron chi connectivity index (χ3n) is 12.9. The van der Waals surface area contributed by atoms with Gasteiger partial charge in [-0.2, -0.15) is 0 Å². The summed E-state index contributed by atoms with van der Waals surface area (Å²) < 4.78 is 14.2. The van der Waals surface area contributed by atoms with E-state index in [1.807, 2.05) is 32.2 Å². The lowest BCUT2D eigenvalue weighted by atomic mass is 9.84. The molecular weight excluding hydrogens is 847 g/mol. The molecule has 2 saturated heterocycles. The lowest BCUT2D eigenvalue weighted by Crippen LogP contribution is -2.63. The van der Waals surface area contributed by atoms with Crippen LogP contribution in [0.1, 0.15) is 99.4 Å². The van der Waals surface area contributed by atoms with Crippen LogP contribution >= 0.6 is 11.3 Å². The Morgan fingerprint density at radius 2 is 1.86 bits per heavy atom. The minimum Gasteiger partial charge on any atom is -0.464 e. The highest BCUT2D eigenvalue weighted by molar-refractivity contribution is 7.10. The SMILES string of the molecule is CCC(=O)N1CCCN(C(=O)N(C)[C@H](C(=O)N[C@H]2Cc3nc(cs3)-c3ccc4c(c3)c(c(-c3cccnc3[C@H](C)OC)n4CC)CC(C)(C)COC(=O)[C@@H]3CCCN(N3)C2=O)C(C)C)C1.[HH].[HH]. The van der Waals surface area contributed by atoms with E-state index in [-0.39, 0.29) is 46.5 Å². The number of hydrazine groups is 1. The molecule has 2 N–H and O–H groups in total. The summed E-state index contributed by atoms with van der Waals surface area (Å²) in [6, 6.07) is 7.23. The second kappa shape index (κ2) is 20.0. The maximum atomic E-state index is 14.6. The molecule has 2 fully saturated rings. The number of pyridine rings is 1. The first-order valence-corrected chi connectivity index (χ1v) is 23.9. The van der Waals surface area contributed by atoms with Gasteiger partial charge in [0, 0.05) is 95.1 Å². The van der Waals surface area contributed by atoms with Crippen LogP contribution in [0.2, 0.25) is 0 Å². The Kier molecular flexibility index (Phi) is 14.6. The number of hydrogen-bond donors (Lipinski definition) is 2. The Morgan fingerprint density at radius 1 is 1.09 bits per heavy atom. The molecule has 0 saturated carbocycles. The quantitative estimate of drug-likeness (QED) is 0.173. The average molecular weight is 916 g/mol. The Balaban J connectivity index is 0.00000420. The summed E-state index contributed by atoms with van der Waals surface area (Å²) in [6.07, 6.45) is 4.16. The average Bonchev–Trinajstić information content (AvgIpc) is 3.90. The van der Waals surface area contributed by atoms with Gasteiger partial charge in [-0.25, -0.2) is 15.2 Å². The molecule has 0 aliphatic carbocycles. The zero-order chi connectivity index (χ0) is 46.7. The fourth-order valence-electron chi connectivity index (χ4n) is 9.47. The van der Waals surface area contributed by atoms with Crippen molar-refractivity contribution in [3.05, 3.63) is 58.2 Å². The number of benzene rings is 1. The van der Waals surface area contributed by atoms with Crippen LogP contribution in [0.3, 0.4) is 0 Å². The maximum absolute atomic E-state index is 14.6. The minimum atomic E-state index is -1.09. The maximum Gasteiger partial charge on any atom is 0.324 e. The number of hydrogen-bond acceptors (Lipinski definition) is 11. The van der Waals surface area contributed by atoms with Crippen LogP contribution in [0.15, 0.2) is 41.9 Å². The fourth-order valence-corrected chi connectivity index (χ4v) is 10.3. The van der Waals surface area contributed by atoms with Crippen molar-refractivity contribution in [2.45, 2.75) is 118 Å². The molecule has 6 bridgehead atoms. The van der Waals surface area contributed by atoms with Crippen LogP contribution in [-0.4, -0.2) is 129 Å². The number of aromatic nitrogens is 3. The van der Waals surface area contributed by atoms with E-state index in [4.69, 9.17) is 19.4 Å². The highest BCUT2D eigenvalue weighted by Crippen LogP contribution is 2.42. The molecule has 0 unspecified atom stereocenters. The van der Waals surface area contributed by atoms with Crippen LogP contribution in [0.4, 0.5) is 4.79 Å². The number of likely N-dealkylation sites (N-methyl/N-ethyl adjacent to an activating group) is 1. The molecule has 354 valence electrons. The molecule has 7 rings (SSSR count). The third kappa shape index (κ3) is 10.1. The number of amides is 5. The zero-order valence-electron chi connectivity index (χ0n) is 39.3. The van der Waals surface area contributed by atoms with Gasteiger partial charge in [-0.05, 0) is 75.3 Å². The molecule has 3 aliphatic heterocycles. The van der Waals surface area contributed by atoms with Gasteiger partial charge in [-0.3, -0.25) is 29.2 Å². The molecule has 16 nitrogen and oxygen atoms in total. The number of thiazole rings is 1. The number of rotatable bonds is 9. The number of nitrogens with one attached hydrogen (secondary N) is 2. The molecule has 65 heavy (non-hydrogen) atoms. The number of fused-ring (bicyclic) bond motifs is 6. The van der Waals surface area contributed by atoms with E-state index in [1.165, 1.54) is 21.2 Å². The van der Waals surface area contributed by atoms with Crippen molar-refractivity contribution in [3.8, 4) is 22.5 Å². The van der Waals surface area contributed by atoms with Crippen LogP contribution in [-0.2, 0) is 48.0 Å². The predicted molar refractivity (Wildman–Crippen MR) is 254 cm³/mol. The van der Waals surface area contributed by atoms with Gasteiger partial charge in [0.05, 0.1) is 41.5 Å². The molecule has 0 radical (unpaired) electrons. The topological polar surface area (TPSA) is 172 Å². The van der Waals surface area contributed by atoms with E-state index in [9.17, 15) is 24.0 Å². The number of methoxy groups -OCH3 is 1. The largest absolute Gasteiger partial charge is 0.464 e. The standard InChI is InChI=1S/C48H65N9O7S.2H2/c1-10-40(58)54-20-14-21-55(28-54)47(62)53(8)42(29(3)4)44(59)51-36-24-39-50-37(26-65-39)31-17-18-38-33(23-31)34(43(56(38)11-2)32-15-12-19-49-41(32)30(5)63-9)25-48(6,7)27-64-46(61)35-16-13-22-57(52-35)45(36)60;;/h12,15,17-19,23,26,29-30,35-36,42,52H,10-11,13-14,16,20-22,24-25,27-28H2,1-9H3,(H,51,59);2*1H/t30-,35-,36-,42-;;/m0../s1. The first kappa shape index (κ1) is 47.6. The first-order valence-electron chi connectivity index (χ1n) is 23.0. The van der Waals surface area contributed by atoms with Crippen molar-refractivity contribution in [3.63, 3.8) is 0 Å². The number of aryl methyl sites for hydroxylation is 1. The van der Waals surface area contributed by atoms with Gasteiger partial charge in [0.1, 0.15) is 18.1 Å². The summed E-state index contributed by atoms with van der Waals surface area (Å²) in [7, 11) is 3.27. The van der Waals surface area contributed by atoms with E-state index >= 15 is 0 Å². The van der Waals surface area contributed by atoms with Gasteiger partial charge in [-0.1, -0.05) is 40.7 Å². The van der Waals surface area contributed by atoms with Gasteiger partial charge < -0.3 is 34.1 Å². The predicted octanol–water partition coefficient (Wildman–Crippen LogP) is 6.67. The lowest BCUT2D eigenvalue weighted by Gasteiger charge is -2.40. The number of nitrogens with zero attached hydrogens (tertiary/aromatic N) is 7. The number of ether oxygens (including phenoxy) is 2. The molecule has 3 aromatic heterocycles. The second-order valence-corrected chi connectivity index (χ2v) is 19.6. The summed E-state index contributed by atoms with van der Waals surface area (Å²) in [5.41, 5.74) is 9.26. The Hall–Kier alpha value is -5.39. The van der Waals surface area contributed by atoms with E-state index in [2.05, 4.69) is 60.3 Å². The molecule has 0 spiro atoms. The van der Waals surface area contributed by atoms with Crippen molar-refractivity contribution in [1.29, 1.82) is 0 Å². The van der Waals surface area contributed by atoms with Crippen molar-refractivity contribution in [2.24, 2.45) is 11.3 Å². The Labute approximate surface area is 389 Å². The highest BCUT2D eigenvalue weighted by atomic mass is 32.1. The fraction of sp³-hybridized carbons (Fsp3) is 0.562. The second-order valence-electron chi connectivity index (χ2n) is 18.6. The molecule has 1 aromatic carbocycles. The molecule has 3 aliphatic rings. The van der Waals surface area contributed by atoms with Gasteiger partial charge in [0.15, 0.2) is 0 Å². The number of esters is 1. The summed E-state index contributed by atoms with van der Waals surface area (Å²) >= 11 is 1.41. The highest BCUT2D eigenvalue weighted by Gasteiger charge is 2.39. The monoisotopic (exact) mass is 916 g/mol. The minimum absolute atomic E-state index is 0. The third-order valence-corrected chi connectivity index (χ3v) is 13.8.